The van der Waals surface area contributed by atoms with Crippen molar-refractivity contribution in [1.29, 1.82) is 0 Å². The molecule has 0 aliphatic carbocycles. The summed E-state index contributed by atoms with van der Waals surface area (Å²) in [4.78, 5) is 12.3. The fraction of sp³-hybridized carbons (Fsp3) is 0.250. The summed E-state index contributed by atoms with van der Waals surface area (Å²) < 4.78 is 13.9. The summed E-state index contributed by atoms with van der Waals surface area (Å²) in [6, 6.07) is 6.14. The quantitative estimate of drug-likeness (QED) is 0.820. The molecule has 0 saturated heterocycles. The van der Waals surface area contributed by atoms with Crippen LogP contribution in [0.15, 0.2) is 24.3 Å². The van der Waals surface area contributed by atoms with E-state index >= 15 is 0 Å². The van der Waals surface area contributed by atoms with Crippen LogP contribution in [0.25, 0.3) is 10.1 Å². The third-order valence-electron chi connectivity index (χ3n) is 2.32. The Balaban J connectivity index is 2.15. The van der Waals surface area contributed by atoms with Gasteiger partial charge in [-0.3, -0.25) is 4.79 Å². The number of rotatable bonds is 4. The van der Waals surface area contributed by atoms with Gasteiger partial charge in [0.25, 0.3) is 5.91 Å². The lowest BCUT2D eigenvalue weighted by molar-refractivity contribution is 0.0955. The van der Waals surface area contributed by atoms with E-state index in [2.05, 4.69) is 5.32 Å². The summed E-state index contributed by atoms with van der Waals surface area (Å²) in [5.41, 5.74) is 0. The minimum atomic E-state index is -0.303. The maximum absolute atomic E-state index is 13.0. The average molecular weight is 253 g/mol. The SMILES string of the molecule is O=C(NCCCO)c1cc2cc(F)ccc2s1. The van der Waals surface area contributed by atoms with E-state index in [9.17, 15) is 9.18 Å². The highest BCUT2D eigenvalue weighted by Crippen LogP contribution is 2.26. The standard InChI is InChI=1S/C12H12FNO2S/c13-9-2-3-10-8(6-9)7-11(17-10)12(16)14-4-1-5-15/h2-3,6-7,15H,1,4-5H2,(H,14,16). The van der Waals surface area contributed by atoms with Gasteiger partial charge in [0.05, 0.1) is 4.88 Å². The van der Waals surface area contributed by atoms with Crippen LogP contribution >= 0.6 is 11.3 Å². The zero-order valence-electron chi connectivity index (χ0n) is 9.07. The van der Waals surface area contributed by atoms with Gasteiger partial charge in [0.15, 0.2) is 0 Å². The van der Waals surface area contributed by atoms with Gasteiger partial charge in [-0.1, -0.05) is 0 Å². The highest BCUT2D eigenvalue weighted by molar-refractivity contribution is 7.20. The Morgan fingerprint density at radius 3 is 3.00 bits per heavy atom. The summed E-state index contributed by atoms with van der Waals surface area (Å²) >= 11 is 1.33. The molecular weight excluding hydrogens is 241 g/mol. The second kappa shape index (κ2) is 5.25. The molecule has 0 radical (unpaired) electrons. The Kier molecular flexibility index (Phi) is 3.71. The summed E-state index contributed by atoms with van der Waals surface area (Å²) in [7, 11) is 0. The normalized spacial score (nSPS) is 10.7. The molecule has 0 saturated carbocycles. The number of aliphatic hydroxyl groups is 1. The number of fused-ring (bicyclic) bond motifs is 1. The first kappa shape index (κ1) is 12.0. The van der Waals surface area contributed by atoms with Gasteiger partial charge < -0.3 is 10.4 Å². The number of hydrogen-bond donors (Lipinski definition) is 2. The number of amides is 1. The van der Waals surface area contributed by atoms with E-state index in [1.807, 2.05) is 0 Å². The average Bonchev–Trinajstić information content (AvgIpc) is 2.72. The second-order valence-electron chi connectivity index (χ2n) is 3.63. The monoisotopic (exact) mass is 253 g/mol. The smallest absolute Gasteiger partial charge is 0.261 e. The molecule has 0 aliphatic heterocycles. The molecule has 1 heterocycles. The summed E-state index contributed by atoms with van der Waals surface area (Å²) in [6.07, 6.45) is 0.533. The predicted molar refractivity (Wildman–Crippen MR) is 65.8 cm³/mol. The zero-order chi connectivity index (χ0) is 12.3. The van der Waals surface area contributed by atoms with Crippen LogP contribution in [0.1, 0.15) is 16.1 Å². The molecule has 2 rings (SSSR count). The van der Waals surface area contributed by atoms with Crippen molar-refractivity contribution in [1.82, 2.24) is 5.32 Å². The Morgan fingerprint density at radius 1 is 1.41 bits per heavy atom. The van der Waals surface area contributed by atoms with Gasteiger partial charge in [-0.25, -0.2) is 4.39 Å². The fourth-order valence-corrected chi connectivity index (χ4v) is 2.45. The molecule has 1 aromatic heterocycles. The largest absolute Gasteiger partial charge is 0.396 e. The molecule has 0 fully saturated rings. The maximum atomic E-state index is 13.0. The van der Waals surface area contributed by atoms with E-state index in [0.29, 0.717) is 17.8 Å². The fourth-order valence-electron chi connectivity index (χ4n) is 1.49. The number of carbonyl (C=O) groups is 1. The molecule has 0 unspecified atom stereocenters. The Morgan fingerprint density at radius 2 is 2.24 bits per heavy atom. The number of thiophene rings is 1. The highest BCUT2D eigenvalue weighted by atomic mass is 32.1. The molecule has 17 heavy (non-hydrogen) atoms. The summed E-state index contributed by atoms with van der Waals surface area (Å²) in [6.45, 7) is 0.496. The van der Waals surface area contributed by atoms with Crippen molar-refractivity contribution in [2.45, 2.75) is 6.42 Å². The first-order valence-corrected chi connectivity index (χ1v) is 6.10. The van der Waals surface area contributed by atoms with E-state index in [1.54, 1.807) is 12.1 Å². The third-order valence-corrected chi connectivity index (χ3v) is 3.44. The van der Waals surface area contributed by atoms with E-state index in [0.717, 1.165) is 10.1 Å². The van der Waals surface area contributed by atoms with E-state index < -0.39 is 0 Å². The van der Waals surface area contributed by atoms with Gasteiger partial charge in [-0.15, -0.1) is 11.3 Å². The Bertz CT molecular complexity index is 538. The first-order valence-electron chi connectivity index (χ1n) is 5.29. The van der Waals surface area contributed by atoms with Crippen LogP contribution in [0.3, 0.4) is 0 Å². The number of carbonyl (C=O) groups excluding carboxylic acids is 1. The van der Waals surface area contributed by atoms with Crippen molar-refractivity contribution in [3.05, 3.63) is 35.0 Å². The van der Waals surface area contributed by atoms with E-state index in [4.69, 9.17) is 5.11 Å². The Hall–Kier alpha value is -1.46. The van der Waals surface area contributed by atoms with E-state index in [-0.39, 0.29) is 18.3 Å². The molecule has 0 spiro atoms. The van der Waals surface area contributed by atoms with Crippen LogP contribution in [-0.2, 0) is 0 Å². The molecule has 0 atom stereocenters. The summed E-state index contributed by atoms with van der Waals surface area (Å²) in [5, 5.41) is 12.0. The van der Waals surface area contributed by atoms with Crippen LogP contribution < -0.4 is 5.32 Å². The first-order chi connectivity index (χ1) is 8.20. The number of aliphatic hydroxyl groups excluding tert-OH is 1. The maximum Gasteiger partial charge on any atom is 0.261 e. The van der Waals surface area contributed by atoms with Gasteiger partial charge in [0.1, 0.15) is 5.82 Å². The lowest BCUT2D eigenvalue weighted by Crippen LogP contribution is -2.24. The molecule has 2 aromatic rings. The van der Waals surface area contributed by atoms with Gasteiger partial charge in [0, 0.05) is 17.9 Å². The predicted octanol–water partition coefficient (Wildman–Crippen LogP) is 2.15. The van der Waals surface area contributed by atoms with Crippen molar-refractivity contribution in [3.63, 3.8) is 0 Å². The van der Waals surface area contributed by atoms with Crippen molar-refractivity contribution in [2.24, 2.45) is 0 Å². The number of benzene rings is 1. The molecule has 1 aromatic carbocycles. The van der Waals surface area contributed by atoms with Crippen molar-refractivity contribution >= 4 is 27.3 Å². The lowest BCUT2D eigenvalue weighted by Gasteiger charge is -2.00. The van der Waals surface area contributed by atoms with Crippen LogP contribution in [0.2, 0.25) is 0 Å². The van der Waals surface area contributed by atoms with Crippen molar-refractivity contribution < 1.29 is 14.3 Å². The van der Waals surface area contributed by atoms with Gasteiger partial charge in [0.2, 0.25) is 0 Å². The zero-order valence-corrected chi connectivity index (χ0v) is 9.89. The molecule has 90 valence electrons. The number of halogens is 1. The van der Waals surface area contributed by atoms with Crippen LogP contribution in [0.4, 0.5) is 4.39 Å². The van der Waals surface area contributed by atoms with E-state index in [1.165, 1.54) is 23.5 Å². The van der Waals surface area contributed by atoms with Crippen molar-refractivity contribution in [2.75, 3.05) is 13.2 Å². The third kappa shape index (κ3) is 2.81. The van der Waals surface area contributed by atoms with Crippen molar-refractivity contribution in [3.8, 4) is 0 Å². The topological polar surface area (TPSA) is 49.3 Å². The molecule has 0 aliphatic rings. The molecule has 1 amide bonds. The minimum Gasteiger partial charge on any atom is -0.396 e. The van der Waals surface area contributed by atoms with Crippen LogP contribution in [0, 0.1) is 5.82 Å². The number of hydrogen-bond acceptors (Lipinski definition) is 3. The lowest BCUT2D eigenvalue weighted by atomic mass is 10.2. The Labute approximate surface area is 102 Å². The second-order valence-corrected chi connectivity index (χ2v) is 4.71. The van der Waals surface area contributed by atoms with Gasteiger partial charge in [-0.2, -0.15) is 0 Å². The molecular formula is C12H12FNO2S. The molecule has 2 N–H and O–H groups in total. The highest BCUT2D eigenvalue weighted by Gasteiger charge is 2.09. The van der Waals surface area contributed by atoms with Crippen LogP contribution in [0.5, 0.6) is 0 Å². The molecule has 0 bridgehead atoms. The summed E-state index contributed by atoms with van der Waals surface area (Å²) in [5.74, 6) is -0.484. The molecule has 5 heteroatoms. The number of nitrogens with one attached hydrogen (secondary N) is 1. The van der Waals surface area contributed by atoms with Gasteiger partial charge >= 0.3 is 0 Å². The molecule has 3 nitrogen and oxygen atoms in total. The minimum absolute atomic E-state index is 0.0535. The van der Waals surface area contributed by atoms with Crippen LogP contribution in [-0.4, -0.2) is 24.2 Å². The van der Waals surface area contributed by atoms with Gasteiger partial charge in [-0.05, 0) is 36.1 Å².